The van der Waals surface area contributed by atoms with Crippen LogP contribution in [0.1, 0.15) is 33.6 Å². The predicted molar refractivity (Wildman–Crippen MR) is 52.9 cm³/mol. The summed E-state index contributed by atoms with van der Waals surface area (Å²) in [7, 11) is 0. The maximum atomic E-state index is 11.3. The number of ether oxygens (including phenoxy) is 3. The second kappa shape index (κ2) is 8.97. The first-order valence-corrected chi connectivity index (χ1v) is 5.16. The molecule has 0 saturated heterocycles. The Hall–Kier alpha value is -0.610. The predicted octanol–water partition coefficient (Wildman–Crippen LogP) is 1.73. The molecule has 0 aromatic rings. The van der Waals surface area contributed by atoms with Crippen LogP contribution in [0.5, 0.6) is 0 Å². The van der Waals surface area contributed by atoms with Gasteiger partial charge >= 0.3 is 5.97 Å². The van der Waals surface area contributed by atoms with Crippen LogP contribution in [0.3, 0.4) is 0 Å². The molecular weight excluding hydrogens is 184 g/mol. The maximum absolute atomic E-state index is 11.3. The van der Waals surface area contributed by atoms with Gasteiger partial charge in [0.15, 0.2) is 0 Å². The fraction of sp³-hybridized carbons (Fsp3) is 0.900. The third kappa shape index (κ3) is 5.94. The van der Waals surface area contributed by atoms with Crippen LogP contribution in [0.25, 0.3) is 0 Å². The van der Waals surface area contributed by atoms with Crippen molar-refractivity contribution in [3.8, 4) is 0 Å². The number of unbranched alkanes of at least 4 members (excludes halogenated alkanes) is 1. The quantitative estimate of drug-likeness (QED) is 0.343. The first kappa shape index (κ1) is 13.4. The van der Waals surface area contributed by atoms with Gasteiger partial charge in [-0.15, -0.1) is 0 Å². The lowest BCUT2D eigenvalue weighted by atomic mass is 10.4. The molecule has 4 nitrogen and oxygen atoms in total. The maximum Gasteiger partial charge on any atom is 0.363 e. The van der Waals surface area contributed by atoms with E-state index in [9.17, 15) is 4.79 Å². The normalized spacial score (nSPS) is 12.5. The van der Waals surface area contributed by atoms with Crippen molar-refractivity contribution >= 4 is 5.97 Å². The van der Waals surface area contributed by atoms with Crippen molar-refractivity contribution in [2.24, 2.45) is 0 Å². The zero-order valence-corrected chi connectivity index (χ0v) is 9.25. The summed E-state index contributed by atoms with van der Waals surface area (Å²) in [6, 6.07) is 0. The van der Waals surface area contributed by atoms with Gasteiger partial charge < -0.3 is 14.2 Å². The number of carbonyl (C=O) groups excluding carboxylic acids is 1. The van der Waals surface area contributed by atoms with E-state index < -0.39 is 12.3 Å². The lowest BCUT2D eigenvalue weighted by Gasteiger charge is -2.15. The highest BCUT2D eigenvalue weighted by Crippen LogP contribution is 2.00. The van der Waals surface area contributed by atoms with Crippen LogP contribution in [0.4, 0.5) is 0 Å². The van der Waals surface area contributed by atoms with Gasteiger partial charge in [-0.3, -0.25) is 0 Å². The van der Waals surface area contributed by atoms with Gasteiger partial charge in [-0.2, -0.15) is 0 Å². The van der Waals surface area contributed by atoms with Crippen molar-refractivity contribution in [1.29, 1.82) is 0 Å². The summed E-state index contributed by atoms with van der Waals surface area (Å²) in [5.74, 6) is -0.439. The average Bonchev–Trinajstić information content (AvgIpc) is 2.17. The summed E-state index contributed by atoms with van der Waals surface area (Å²) in [6.07, 6.45) is 1.09. The van der Waals surface area contributed by atoms with Gasteiger partial charge in [-0.25, -0.2) is 4.79 Å². The molecule has 0 bridgehead atoms. The van der Waals surface area contributed by atoms with Crippen LogP contribution in [0.2, 0.25) is 0 Å². The molecule has 84 valence electrons. The van der Waals surface area contributed by atoms with E-state index in [4.69, 9.17) is 14.2 Å². The van der Waals surface area contributed by atoms with Crippen molar-refractivity contribution in [2.75, 3.05) is 19.8 Å². The second-order valence-electron chi connectivity index (χ2n) is 2.76. The highest BCUT2D eigenvalue weighted by atomic mass is 16.7. The van der Waals surface area contributed by atoms with Gasteiger partial charge in [0.05, 0.1) is 13.2 Å². The Bertz CT molecular complexity index is 147. The van der Waals surface area contributed by atoms with Crippen molar-refractivity contribution in [2.45, 2.75) is 39.9 Å². The zero-order chi connectivity index (χ0) is 10.8. The van der Waals surface area contributed by atoms with E-state index in [1.54, 1.807) is 6.92 Å². The molecule has 0 heterocycles. The Balaban J connectivity index is 3.81. The monoisotopic (exact) mass is 204 g/mol. The molecule has 0 saturated carbocycles. The molecule has 0 aliphatic rings. The van der Waals surface area contributed by atoms with Crippen molar-refractivity contribution in [1.82, 2.24) is 0 Å². The number of hydrogen-bond donors (Lipinski definition) is 0. The highest BCUT2D eigenvalue weighted by molar-refractivity contribution is 5.73. The van der Waals surface area contributed by atoms with E-state index in [-0.39, 0.29) is 0 Å². The number of rotatable bonds is 8. The molecule has 0 aromatic carbocycles. The Morgan fingerprint density at radius 2 is 1.86 bits per heavy atom. The molecule has 0 N–H and O–H groups in total. The molecule has 14 heavy (non-hydrogen) atoms. The average molecular weight is 204 g/mol. The Morgan fingerprint density at radius 3 is 2.36 bits per heavy atom. The van der Waals surface area contributed by atoms with Gasteiger partial charge in [0.25, 0.3) is 6.29 Å². The van der Waals surface area contributed by atoms with Crippen molar-refractivity contribution in [3.63, 3.8) is 0 Å². The minimum absolute atomic E-state index is 0.347. The van der Waals surface area contributed by atoms with E-state index in [1.165, 1.54) is 0 Å². The van der Waals surface area contributed by atoms with E-state index in [0.29, 0.717) is 19.8 Å². The summed E-state index contributed by atoms with van der Waals surface area (Å²) in [4.78, 5) is 11.3. The van der Waals surface area contributed by atoms with Crippen LogP contribution >= 0.6 is 0 Å². The summed E-state index contributed by atoms with van der Waals surface area (Å²) in [5, 5.41) is 0. The number of hydrogen-bond acceptors (Lipinski definition) is 4. The molecule has 0 aliphatic heterocycles. The SMILES string of the molecule is CCCCOC(OCC)C(=O)OCC. The number of esters is 1. The topological polar surface area (TPSA) is 44.8 Å². The van der Waals surface area contributed by atoms with Gasteiger partial charge in [0, 0.05) is 6.61 Å². The van der Waals surface area contributed by atoms with Gasteiger partial charge in [0.2, 0.25) is 0 Å². The fourth-order valence-corrected chi connectivity index (χ4v) is 0.881. The third-order valence-electron chi connectivity index (χ3n) is 1.56. The molecule has 1 unspecified atom stereocenters. The summed E-state index contributed by atoms with van der Waals surface area (Å²) in [5.41, 5.74) is 0. The molecule has 1 atom stereocenters. The van der Waals surface area contributed by atoms with Gasteiger partial charge in [-0.1, -0.05) is 13.3 Å². The zero-order valence-electron chi connectivity index (χ0n) is 9.25. The highest BCUT2D eigenvalue weighted by Gasteiger charge is 2.19. The molecule has 0 aromatic heterocycles. The lowest BCUT2D eigenvalue weighted by Crippen LogP contribution is -2.30. The van der Waals surface area contributed by atoms with Crippen molar-refractivity contribution < 1.29 is 19.0 Å². The molecule has 0 rings (SSSR count). The Morgan fingerprint density at radius 1 is 1.14 bits per heavy atom. The fourth-order valence-electron chi connectivity index (χ4n) is 0.881. The largest absolute Gasteiger partial charge is 0.462 e. The summed E-state index contributed by atoms with van der Waals surface area (Å²) in [6.45, 7) is 6.95. The van der Waals surface area contributed by atoms with E-state index >= 15 is 0 Å². The Kier molecular flexibility index (Phi) is 8.57. The Labute approximate surface area is 85.5 Å². The third-order valence-corrected chi connectivity index (χ3v) is 1.56. The van der Waals surface area contributed by atoms with Gasteiger partial charge in [-0.05, 0) is 20.3 Å². The van der Waals surface area contributed by atoms with E-state index in [2.05, 4.69) is 6.92 Å². The molecular formula is C10H20O4. The van der Waals surface area contributed by atoms with Crippen LogP contribution in [0.15, 0.2) is 0 Å². The smallest absolute Gasteiger partial charge is 0.363 e. The standard InChI is InChI=1S/C10H20O4/c1-4-7-8-14-10(13-6-3)9(11)12-5-2/h10H,4-8H2,1-3H3. The van der Waals surface area contributed by atoms with Gasteiger partial charge in [0.1, 0.15) is 0 Å². The molecule has 0 spiro atoms. The summed E-state index contributed by atoms with van der Waals surface area (Å²) >= 11 is 0. The van der Waals surface area contributed by atoms with Crippen LogP contribution in [-0.4, -0.2) is 32.1 Å². The summed E-state index contributed by atoms with van der Waals surface area (Å²) < 4.78 is 15.1. The van der Waals surface area contributed by atoms with E-state index in [1.807, 2.05) is 6.92 Å². The minimum Gasteiger partial charge on any atom is -0.462 e. The second-order valence-corrected chi connectivity index (χ2v) is 2.76. The molecule has 4 heteroatoms. The number of carbonyl (C=O) groups is 1. The molecule has 0 amide bonds. The lowest BCUT2D eigenvalue weighted by molar-refractivity contribution is -0.194. The van der Waals surface area contributed by atoms with Crippen molar-refractivity contribution in [3.05, 3.63) is 0 Å². The molecule has 0 radical (unpaired) electrons. The van der Waals surface area contributed by atoms with Crippen LogP contribution in [0, 0.1) is 0 Å². The first-order valence-electron chi connectivity index (χ1n) is 5.16. The van der Waals surface area contributed by atoms with Crippen LogP contribution in [-0.2, 0) is 19.0 Å². The minimum atomic E-state index is -0.855. The molecule has 0 aliphatic carbocycles. The first-order chi connectivity index (χ1) is 6.76. The van der Waals surface area contributed by atoms with E-state index in [0.717, 1.165) is 12.8 Å². The van der Waals surface area contributed by atoms with Crippen LogP contribution < -0.4 is 0 Å². The molecule has 0 fully saturated rings.